The van der Waals surface area contributed by atoms with Gasteiger partial charge in [-0.2, -0.15) is 0 Å². The normalized spacial score (nSPS) is 16.9. The lowest BCUT2D eigenvalue weighted by Gasteiger charge is -2.37. The molecule has 0 bridgehead atoms. The lowest BCUT2D eigenvalue weighted by Crippen LogP contribution is -2.56. The van der Waals surface area contributed by atoms with Crippen LogP contribution in [0.4, 0.5) is 5.69 Å². The molecule has 0 saturated carbocycles. The van der Waals surface area contributed by atoms with Crippen LogP contribution in [0.15, 0.2) is 96.3 Å². The summed E-state index contributed by atoms with van der Waals surface area (Å²) in [7, 11) is 0. The number of thiocarbonyl (C=S) groups is 1. The van der Waals surface area contributed by atoms with E-state index in [0.717, 1.165) is 53.9 Å². The van der Waals surface area contributed by atoms with E-state index in [0.29, 0.717) is 12.3 Å². The Morgan fingerprint density at radius 1 is 0.829 bits per heavy atom. The molecule has 0 radical (unpaired) electrons. The van der Waals surface area contributed by atoms with E-state index in [2.05, 4.69) is 37.8 Å². The number of rotatable bonds is 9. The monoisotopic (exact) mass is 565 g/mol. The summed E-state index contributed by atoms with van der Waals surface area (Å²) in [6.45, 7) is 8.68. The molecule has 1 fully saturated rings. The van der Waals surface area contributed by atoms with Crippen LogP contribution in [0.3, 0.4) is 0 Å². The largest absolute Gasteiger partial charge is 0.456 e. The maximum Gasteiger partial charge on any atom is 0.269 e. The highest BCUT2D eigenvalue weighted by molar-refractivity contribution is 7.80. The van der Waals surface area contributed by atoms with Crippen molar-refractivity contribution >= 4 is 40.4 Å². The predicted molar refractivity (Wildman–Crippen MR) is 167 cm³/mol. The summed E-state index contributed by atoms with van der Waals surface area (Å²) in [6.07, 6.45) is 3.48. The Morgan fingerprint density at radius 3 is 2.15 bits per heavy atom. The highest BCUT2D eigenvalue weighted by atomic mass is 32.1. The van der Waals surface area contributed by atoms with Gasteiger partial charge in [-0.05, 0) is 67.4 Å². The summed E-state index contributed by atoms with van der Waals surface area (Å²) >= 11 is 5.73. The minimum Gasteiger partial charge on any atom is -0.456 e. The Kier molecular flexibility index (Phi) is 8.64. The molecule has 2 heterocycles. The van der Waals surface area contributed by atoms with Crippen LogP contribution in [-0.4, -0.2) is 46.4 Å². The number of hydrogen-bond acceptors (Lipinski definition) is 5. The molecule has 7 heteroatoms. The van der Waals surface area contributed by atoms with Crippen molar-refractivity contribution in [1.82, 2.24) is 9.80 Å². The molecule has 2 aliphatic heterocycles. The van der Waals surface area contributed by atoms with Crippen molar-refractivity contribution in [1.29, 1.82) is 0 Å². The number of amides is 2. The minimum absolute atomic E-state index is 0.00189. The molecule has 3 aromatic rings. The van der Waals surface area contributed by atoms with E-state index in [4.69, 9.17) is 17.0 Å². The smallest absolute Gasteiger partial charge is 0.269 e. The number of carbonyl (C=O) groups excluding carboxylic acids is 2. The first-order chi connectivity index (χ1) is 20.0. The third-order valence-electron chi connectivity index (χ3n) is 7.51. The van der Waals surface area contributed by atoms with E-state index in [1.54, 1.807) is 4.90 Å². The number of benzene rings is 3. The van der Waals surface area contributed by atoms with Gasteiger partial charge < -0.3 is 9.64 Å². The first-order valence-electron chi connectivity index (χ1n) is 14.3. The van der Waals surface area contributed by atoms with Gasteiger partial charge in [-0.25, -0.2) is 0 Å². The topological polar surface area (TPSA) is 53.1 Å². The number of fused-ring (bicyclic) bond motifs is 1. The minimum atomic E-state index is -0.446. The number of anilines is 1. The molecule has 0 N–H and O–H groups in total. The Labute approximate surface area is 247 Å². The van der Waals surface area contributed by atoms with Crippen molar-refractivity contribution in [2.24, 2.45) is 0 Å². The van der Waals surface area contributed by atoms with E-state index in [-0.39, 0.29) is 23.0 Å². The van der Waals surface area contributed by atoms with Crippen LogP contribution < -0.4 is 9.64 Å². The zero-order valence-electron chi connectivity index (χ0n) is 23.8. The van der Waals surface area contributed by atoms with Crippen LogP contribution in [0.2, 0.25) is 0 Å². The summed E-state index contributed by atoms with van der Waals surface area (Å²) in [5.74, 6) is -0.00906. The number of nitrogens with zero attached hydrogens (tertiary/aromatic N) is 3. The maximum atomic E-state index is 14.1. The molecule has 3 aromatic carbocycles. The van der Waals surface area contributed by atoms with Crippen molar-refractivity contribution in [2.75, 3.05) is 24.5 Å². The summed E-state index contributed by atoms with van der Waals surface area (Å²) < 4.78 is 6.47. The average molecular weight is 566 g/mol. The number of carbonyl (C=O) groups is 2. The quantitative estimate of drug-likeness (QED) is 0.167. The molecular weight excluding hydrogens is 530 g/mol. The molecule has 41 heavy (non-hydrogen) atoms. The molecule has 5 rings (SSSR count). The van der Waals surface area contributed by atoms with Gasteiger partial charge in [-0.1, -0.05) is 74.0 Å². The lowest BCUT2D eigenvalue weighted by molar-refractivity contribution is -0.134. The van der Waals surface area contributed by atoms with E-state index < -0.39 is 11.8 Å². The zero-order valence-corrected chi connectivity index (χ0v) is 24.6. The summed E-state index contributed by atoms with van der Waals surface area (Å²) in [4.78, 5) is 33.4. The molecule has 0 atom stereocenters. The fourth-order valence-corrected chi connectivity index (χ4v) is 5.57. The van der Waals surface area contributed by atoms with E-state index in [1.807, 2.05) is 72.8 Å². The van der Waals surface area contributed by atoms with Crippen molar-refractivity contribution in [3.63, 3.8) is 0 Å². The number of hydrogen-bond donors (Lipinski definition) is 0. The van der Waals surface area contributed by atoms with Gasteiger partial charge in [0.05, 0.1) is 6.54 Å². The number of allylic oxidation sites excluding steroid dienone is 1. The highest BCUT2D eigenvalue weighted by Gasteiger charge is 2.42. The standard InChI is InChI=1S/C34H35N3O3S/c1-4-7-20-36-32(38)31(33(39)37(34(36)41)23-24-14-10-8-11-15-24)30-22-28(25-16-12-9-13-17-25)27-19-18-26(21-29(27)40-30)35(5-2)6-3/h8-19,21-22H,4-7,20,23H2,1-3H3. The zero-order chi connectivity index (χ0) is 28.9. The second-order valence-electron chi connectivity index (χ2n) is 10.1. The average Bonchev–Trinajstić information content (AvgIpc) is 3.00. The van der Waals surface area contributed by atoms with Crippen LogP contribution in [0.5, 0.6) is 5.75 Å². The number of ether oxygens (including phenoxy) is 1. The predicted octanol–water partition coefficient (Wildman–Crippen LogP) is 6.57. The van der Waals surface area contributed by atoms with Crippen molar-refractivity contribution in [3.05, 3.63) is 113 Å². The first-order valence-corrected chi connectivity index (χ1v) is 14.7. The Balaban J connectivity index is 1.67. The second-order valence-corrected chi connectivity index (χ2v) is 10.5. The fraction of sp³-hybridized carbons (Fsp3) is 0.265. The molecule has 2 amide bonds. The number of unbranched alkanes of at least 4 members (excludes halogenated alkanes) is 1. The fourth-order valence-electron chi connectivity index (χ4n) is 5.25. The molecule has 2 aliphatic rings. The van der Waals surface area contributed by atoms with Crippen molar-refractivity contribution in [3.8, 4) is 5.75 Å². The van der Waals surface area contributed by atoms with Gasteiger partial charge in [0.2, 0.25) is 0 Å². The first kappa shape index (κ1) is 28.3. The molecule has 6 nitrogen and oxygen atoms in total. The van der Waals surface area contributed by atoms with Crippen LogP contribution in [0.1, 0.15) is 50.3 Å². The van der Waals surface area contributed by atoms with Gasteiger partial charge in [0, 0.05) is 37.0 Å². The molecule has 0 aromatic heterocycles. The molecule has 0 unspecified atom stereocenters. The lowest BCUT2D eigenvalue weighted by atomic mass is 9.93. The maximum absolute atomic E-state index is 14.1. The van der Waals surface area contributed by atoms with Crippen molar-refractivity contribution < 1.29 is 14.3 Å². The van der Waals surface area contributed by atoms with Gasteiger partial charge in [0.1, 0.15) is 17.1 Å². The van der Waals surface area contributed by atoms with Crippen LogP contribution in [0, 0.1) is 0 Å². The Bertz CT molecular complexity index is 1510. The molecule has 210 valence electrons. The van der Waals surface area contributed by atoms with Gasteiger partial charge in [-0.3, -0.25) is 19.4 Å². The van der Waals surface area contributed by atoms with Gasteiger partial charge in [0.15, 0.2) is 5.11 Å². The van der Waals surface area contributed by atoms with Crippen molar-refractivity contribution in [2.45, 2.75) is 40.2 Å². The molecular formula is C34H35N3O3S. The molecule has 0 spiro atoms. The summed E-state index contributed by atoms with van der Waals surface area (Å²) in [6, 6.07) is 25.8. The Morgan fingerprint density at radius 2 is 1.49 bits per heavy atom. The van der Waals surface area contributed by atoms with Crippen LogP contribution in [-0.2, 0) is 16.1 Å². The third-order valence-corrected chi connectivity index (χ3v) is 7.95. The van der Waals surface area contributed by atoms with E-state index >= 15 is 0 Å². The van der Waals surface area contributed by atoms with Gasteiger partial charge in [0.25, 0.3) is 11.8 Å². The highest BCUT2D eigenvalue weighted by Crippen LogP contribution is 2.41. The summed E-state index contributed by atoms with van der Waals surface area (Å²) in [5.41, 5.74) is 4.72. The van der Waals surface area contributed by atoms with E-state index in [9.17, 15) is 9.59 Å². The Hall–Kier alpha value is -4.23. The second kappa shape index (κ2) is 12.5. The van der Waals surface area contributed by atoms with Gasteiger partial charge in [-0.15, -0.1) is 0 Å². The molecule has 0 aliphatic carbocycles. The van der Waals surface area contributed by atoms with Crippen LogP contribution in [0.25, 0.3) is 5.57 Å². The third kappa shape index (κ3) is 5.68. The van der Waals surface area contributed by atoms with Crippen LogP contribution >= 0.6 is 12.2 Å². The summed E-state index contributed by atoms with van der Waals surface area (Å²) in [5, 5.41) is 0.231. The molecule has 1 saturated heterocycles. The SMILES string of the molecule is CCCCN1C(=O)C(=C2C=C(c3ccccc3)c3ccc(N(CC)CC)cc3O2)C(=O)N(Cc2ccccc2)C1=S. The van der Waals surface area contributed by atoms with E-state index in [1.165, 1.54) is 4.90 Å². The van der Waals surface area contributed by atoms with Gasteiger partial charge >= 0.3 is 0 Å².